The van der Waals surface area contributed by atoms with Crippen molar-refractivity contribution >= 4 is 23.7 Å². The Morgan fingerprint density at radius 3 is 2.17 bits per heavy atom. The molecule has 0 fully saturated rings. The molecule has 0 aromatic heterocycles. The minimum Gasteiger partial charge on any atom is -0.507 e. The number of hydrogen-bond acceptors (Lipinski definition) is 5. The predicted molar refractivity (Wildman–Crippen MR) is 131 cm³/mol. The van der Waals surface area contributed by atoms with E-state index >= 15 is 0 Å². The number of benzene rings is 3. The summed E-state index contributed by atoms with van der Waals surface area (Å²) >= 11 is 0. The molecule has 2 amide bonds. The van der Waals surface area contributed by atoms with Gasteiger partial charge in [0.1, 0.15) is 17.9 Å². The van der Waals surface area contributed by atoms with Crippen LogP contribution in [0.2, 0.25) is 0 Å². The number of carboxylic acid groups (broad SMARTS) is 1. The zero-order valence-electron chi connectivity index (χ0n) is 19.0. The van der Waals surface area contributed by atoms with Crippen LogP contribution < -0.4 is 10.6 Å². The van der Waals surface area contributed by atoms with Gasteiger partial charge in [0.05, 0.1) is 0 Å². The Kier molecular flexibility index (Phi) is 7.30. The number of unbranched alkanes of at least 4 members (excludes halogenated alkanes) is 1. The number of hydrogen-bond donors (Lipinski definition) is 4. The number of fused-ring (bicyclic) bond motifs is 3. The number of aromatic carboxylic acids is 1. The van der Waals surface area contributed by atoms with E-state index in [0.717, 1.165) is 11.1 Å². The molecule has 3 aromatic carbocycles. The highest BCUT2D eigenvalue weighted by Gasteiger charge is 2.28. The number of aromatic hydroxyl groups is 1. The summed E-state index contributed by atoms with van der Waals surface area (Å²) in [6.45, 7) is 0.619. The van der Waals surface area contributed by atoms with Crippen LogP contribution in [0.1, 0.15) is 46.7 Å². The zero-order chi connectivity index (χ0) is 24.8. The third-order valence-corrected chi connectivity index (χ3v) is 5.96. The van der Waals surface area contributed by atoms with Gasteiger partial charge in [-0.3, -0.25) is 4.79 Å². The summed E-state index contributed by atoms with van der Waals surface area (Å²) in [6, 6.07) is 20.1. The maximum atomic E-state index is 12.2. The van der Waals surface area contributed by atoms with Gasteiger partial charge in [0, 0.05) is 30.6 Å². The second-order valence-electron chi connectivity index (χ2n) is 8.29. The first-order valence-electron chi connectivity index (χ1n) is 11.4. The Morgan fingerprint density at radius 2 is 1.54 bits per heavy atom. The van der Waals surface area contributed by atoms with Crippen molar-refractivity contribution in [1.29, 1.82) is 0 Å². The Hall–Kier alpha value is -4.33. The number of carboxylic acids is 1. The fraction of sp³-hybridized carbons (Fsp3) is 0.222. The van der Waals surface area contributed by atoms with Gasteiger partial charge in [-0.25, -0.2) is 9.59 Å². The van der Waals surface area contributed by atoms with E-state index in [1.165, 1.54) is 29.3 Å². The number of carbonyl (C=O) groups is 3. The van der Waals surface area contributed by atoms with Gasteiger partial charge in [0.25, 0.3) is 0 Å². The van der Waals surface area contributed by atoms with Crippen LogP contribution in [0, 0.1) is 0 Å². The smallest absolute Gasteiger partial charge is 0.407 e. The van der Waals surface area contributed by atoms with E-state index in [1.54, 1.807) is 0 Å². The van der Waals surface area contributed by atoms with Crippen LogP contribution in [0.5, 0.6) is 5.75 Å². The Morgan fingerprint density at radius 1 is 0.886 bits per heavy atom. The Balaban J connectivity index is 1.17. The highest BCUT2D eigenvalue weighted by Crippen LogP contribution is 2.44. The predicted octanol–water partition coefficient (Wildman–Crippen LogP) is 4.74. The first kappa shape index (κ1) is 23.8. The van der Waals surface area contributed by atoms with Crippen LogP contribution in [0.3, 0.4) is 0 Å². The lowest BCUT2D eigenvalue weighted by atomic mass is 9.98. The standard InChI is InChI=1S/C27H26N2O6/c30-24-15-17(12-13-22(24)26(32)33)29-25(31)11-5-6-14-28-27(34)35-16-23-20-9-3-1-7-18(20)19-8-2-4-10-21(19)23/h1-4,7-10,12-13,15,23,30H,5-6,11,14,16H2,(H,28,34)(H,29,31)(H,32,33). The molecule has 8 heteroatoms. The fourth-order valence-electron chi connectivity index (χ4n) is 4.26. The van der Waals surface area contributed by atoms with E-state index in [2.05, 4.69) is 34.9 Å². The van der Waals surface area contributed by atoms with E-state index in [4.69, 9.17) is 9.84 Å². The molecule has 0 unspecified atom stereocenters. The molecular weight excluding hydrogens is 448 g/mol. The molecule has 0 saturated heterocycles. The summed E-state index contributed by atoms with van der Waals surface area (Å²) < 4.78 is 5.49. The first-order chi connectivity index (χ1) is 16.9. The average molecular weight is 475 g/mol. The average Bonchev–Trinajstić information content (AvgIpc) is 3.16. The molecule has 0 aliphatic heterocycles. The molecule has 0 bridgehead atoms. The van der Waals surface area contributed by atoms with E-state index in [-0.39, 0.29) is 30.4 Å². The topological polar surface area (TPSA) is 125 Å². The van der Waals surface area contributed by atoms with Gasteiger partial charge in [-0.1, -0.05) is 48.5 Å². The number of carbonyl (C=O) groups excluding carboxylic acids is 2. The van der Waals surface area contributed by atoms with E-state index < -0.39 is 17.8 Å². The highest BCUT2D eigenvalue weighted by atomic mass is 16.5. The number of amides is 2. The number of phenols is 1. The van der Waals surface area contributed by atoms with E-state index in [0.29, 0.717) is 25.1 Å². The second-order valence-corrected chi connectivity index (χ2v) is 8.29. The minimum atomic E-state index is -1.25. The molecule has 0 saturated carbocycles. The molecule has 35 heavy (non-hydrogen) atoms. The quantitative estimate of drug-likeness (QED) is 0.332. The molecule has 0 heterocycles. The highest BCUT2D eigenvalue weighted by molar-refractivity contribution is 5.94. The van der Waals surface area contributed by atoms with Crippen molar-refractivity contribution in [3.63, 3.8) is 0 Å². The van der Waals surface area contributed by atoms with Crippen LogP contribution in [0.15, 0.2) is 66.7 Å². The maximum absolute atomic E-state index is 12.2. The van der Waals surface area contributed by atoms with Gasteiger partial charge in [0.2, 0.25) is 5.91 Å². The fourth-order valence-corrected chi connectivity index (χ4v) is 4.26. The number of alkyl carbamates (subject to hydrolysis) is 1. The molecule has 180 valence electrons. The van der Waals surface area contributed by atoms with Crippen LogP contribution in [-0.2, 0) is 9.53 Å². The van der Waals surface area contributed by atoms with E-state index in [9.17, 15) is 19.5 Å². The molecule has 0 atom stereocenters. The molecule has 8 nitrogen and oxygen atoms in total. The summed E-state index contributed by atoms with van der Waals surface area (Å²) in [5.74, 6) is -1.93. The van der Waals surface area contributed by atoms with Crippen molar-refractivity contribution in [3.8, 4) is 16.9 Å². The summed E-state index contributed by atoms with van der Waals surface area (Å²) in [5, 5.41) is 24.0. The number of nitrogens with one attached hydrogen (secondary N) is 2. The molecule has 1 aliphatic rings. The van der Waals surface area contributed by atoms with E-state index in [1.807, 2.05) is 24.3 Å². The number of anilines is 1. The van der Waals surface area contributed by atoms with Gasteiger partial charge in [-0.05, 0) is 47.2 Å². The summed E-state index contributed by atoms with van der Waals surface area (Å²) in [7, 11) is 0. The van der Waals surface area contributed by atoms with Crippen LogP contribution >= 0.6 is 0 Å². The maximum Gasteiger partial charge on any atom is 0.407 e. The Labute approximate surface area is 202 Å². The summed E-state index contributed by atoms with van der Waals surface area (Å²) in [4.78, 5) is 35.2. The van der Waals surface area contributed by atoms with Crippen molar-refractivity contribution in [2.75, 3.05) is 18.5 Å². The molecule has 0 spiro atoms. The van der Waals surface area contributed by atoms with Crippen molar-refractivity contribution in [3.05, 3.63) is 83.4 Å². The summed E-state index contributed by atoms with van der Waals surface area (Å²) in [5.41, 5.74) is 4.72. The molecular formula is C27H26N2O6. The third-order valence-electron chi connectivity index (χ3n) is 5.96. The molecule has 4 rings (SSSR count). The Bertz CT molecular complexity index is 1210. The lowest BCUT2D eigenvalue weighted by molar-refractivity contribution is -0.116. The van der Waals surface area contributed by atoms with Crippen molar-refractivity contribution in [2.24, 2.45) is 0 Å². The lowest BCUT2D eigenvalue weighted by Gasteiger charge is -2.14. The summed E-state index contributed by atoms with van der Waals surface area (Å²) in [6.07, 6.45) is 0.842. The van der Waals surface area contributed by atoms with Gasteiger partial charge >= 0.3 is 12.1 Å². The minimum absolute atomic E-state index is 0.000784. The van der Waals surface area contributed by atoms with Crippen LogP contribution in [0.4, 0.5) is 10.5 Å². The number of rotatable bonds is 9. The largest absolute Gasteiger partial charge is 0.507 e. The first-order valence-corrected chi connectivity index (χ1v) is 11.4. The van der Waals surface area contributed by atoms with Gasteiger partial charge in [-0.15, -0.1) is 0 Å². The molecule has 3 aromatic rings. The van der Waals surface area contributed by atoms with Crippen molar-refractivity contribution in [1.82, 2.24) is 5.32 Å². The third kappa shape index (κ3) is 5.60. The lowest BCUT2D eigenvalue weighted by Crippen LogP contribution is -2.27. The van der Waals surface area contributed by atoms with Gasteiger partial charge < -0.3 is 25.6 Å². The normalized spacial score (nSPS) is 11.9. The van der Waals surface area contributed by atoms with Crippen LogP contribution in [-0.4, -0.2) is 41.3 Å². The SMILES string of the molecule is O=C(CCCCNC(=O)OCC1c2ccccc2-c2ccccc21)Nc1ccc(C(=O)O)c(O)c1. The van der Waals surface area contributed by atoms with Crippen molar-refractivity contribution in [2.45, 2.75) is 25.2 Å². The molecule has 1 aliphatic carbocycles. The van der Waals surface area contributed by atoms with Gasteiger partial charge in [0.15, 0.2) is 0 Å². The number of ether oxygens (including phenoxy) is 1. The van der Waals surface area contributed by atoms with Gasteiger partial charge in [-0.2, -0.15) is 0 Å². The molecule has 0 radical (unpaired) electrons. The monoisotopic (exact) mass is 474 g/mol. The zero-order valence-corrected chi connectivity index (χ0v) is 19.0. The van der Waals surface area contributed by atoms with Crippen LogP contribution in [0.25, 0.3) is 11.1 Å². The molecule has 4 N–H and O–H groups in total. The second kappa shape index (κ2) is 10.7. The van der Waals surface area contributed by atoms with Crippen molar-refractivity contribution < 1.29 is 29.3 Å².